The summed E-state index contributed by atoms with van der Waals surface area (Å²) in [5.74, 6) is 6.83. The zero-order valence-corrected chi connectivity index (χ0v) is 35.7. The van der Waals surface area contributed by atoms with Crippen LogP contribution < -0.4 is 10.1 Å². The molecule has 4 saturated carbocycles. The first-order chi connectivity index (χ1) is 26.2. The molecule has 0 aromatic carbocycles. The number of nitrogens with zero attached hydrogens (tertiary/aromatic N) is 3. The van der Waals surface area contributed by atoms with Gasteiger partial charge in [-0.25, -0.2) is 0 Å². The first kappa shape index (κ1) is 39.7. The molecule has 1 saturated heterocycles. The molecule has 0 bridgehead atoms. The number of hydrogen-bond donors (Lipinski definition) is 2. The molecule has 7 nitrogen and oxygen atoms in total. The standard InChI is InChI=1S/C47H70N4O3S/c1-31(2)34-14-19-47(48-23-24-51-25-27-55-28-26-51)21-20-45(7)37(41(34)47)11-10-36-40-32(3)29-38(43(4,5)35(40)15-16-44(36,45)6)33-12-17-46(18-13-33,42(52)53)30-54-39-9-8-22-49-50-39/h8-9,12,22,29,32,34-37,40-41,48H,1,10-11,13-21,23-28,30H2,2-7H3,(H,52,53)/t32-,34-,35+,36+,37+,40-,41+,44+,45+,46?,47-/m0/s1. The van der Waals surface area contributed by atoms with Gasteiger partial charge >= 0.3 is 5.97 Å². The minimum Gasteiger partial charge on any atom is -0.481 e. The maximum absolute atomic E-state index is 12.7. The molecule has 0 amide bonds. The lowest BCUT2D eigenvalue weighted by atomic mass is 9.35. The van der Waals surface area contributed by atoms with Crippen LogP contribution in [0, 0.1) is 63.1 Å². The number of fused-ring (bicyclic) bond motifs is 7. The van der Waals surface area contributed by atoms with Crippen LogP contribution in [0.3, 0.4) is 0 Å². The van der Waals surface area contributed by atoms with Crippen LogP contribution in [0.25, 0.3) is 0 Å². The van der Waals surface area contributed by atoms with Crippen molar-refractivity contribution in [3.05, 3.63) is 53.8 Å². The molecule has 11 atom stereocenters. The Labute approximate surface area is 336 Å². The molecule has 2 N–H and O–H groups in total. The fourth-order valence-electron chi connectivity index (χ4n) is 14.6. The highest BCUT2D eigenvalue weighted by Crippen LogP contribution is 2.74. The van der Waals surface area contributed by atoms with Gasteiger partial charge in [-0.05, 0) is 152 Å². The molecule has 1 unspecified atom stereocenters. The highest BCUT2D eigenvalue weighted by molar-refractivity contribution is 7.99. The number of rotatable bonds is 10. The summed E-state index contributed by atoms with van der Waals surface area (Å²) in [6.07, 6.45) is 19.0. The van der Waals surface area contributed by atoms with E-state index in [4.69, 9.17) is 4.74 Å². The minimum absolute atomic E-state index is 0.0522. The third-order valence-electron chi connectivity index (χ3n) is 17.9. The summed E-state index contributed by atoms with van der Waals surface area (Å²) < 4.78 is 5.90. The van der Waals surface area contributed by atoms with E-state index in [0.29, 0.717) is 59.1 Å². The van der Waals surface area contributed by atoms with Crippen LogP contribution in [-0.2, 0) is 4.79 Å². The van der Waals surface area contributed by atoms with E-state index in [-0.39, 0.29) is 17.6 Å². The monoisotopic (exact) mass is 771 g/mol. The molecular weight excluding hydrogens is 701 g/mol. The molecule has 6 aliphatic carbocycles. The van der Waals surface area contributed by atoms with Gasteiger partial charge < -0.3 is 20.1 Å². The van der Waals surface area contributed by atoms with Gasteiger partial charge in [0.1, 0.15) is 12.0 Å². The number of carbonyl (C=O) groups is 1. The Hall–Kier alpha value is -2.16. The zero-order chi connectivity index (χ0) is 38.8. The Morgan fingerprint density at radius 3 is 2.47 bits per heavy atom. The van der Waals surface area contributed by atoms with Crippen molar-refractivity contribution in [1.29, 1.82) is 0 Å². The Balaban J connectivity index is 1.02. The normalized spacial score (nSPS) is 42.5. The van der Waals surface area contributed by atoms with Gasteiger partial charge in [-0.2, -0.15) is 16.9 Å². The number of aromatic nitrogens is 2. The average molecular weight is 771 g/mol. The minimum atomic E-state index is -0.947. The van der Waals surface area contributed by atoms with E-state index in [9.17, 15) is 9.90 Å². The second kappa shape index (κ2) is 14.9. The molecule has 1 aliphatic heterocycles. The molecule has 1 aromatic heterocycles. The van der Waals surface area contributed by atoms with E-state index < -0.39 is 11.4 Å². The molecule has 1 aromatic rings. The second-order valence-electron chi connectivity index (χ2n) is 20.4. The fraction of sp³-hybridized carbons (Fsp3) is 0.766. The highest BCUT2D eigenvalue weighted by Gasteiger charge is 2.69. The van der Waals surface area contributed by atoms with E-state index in [1.807, 2.05) is 0 Å². The molecule has 8 heteroatoms. The summed E-state index contributed by atoms with van der Waals surface area (Å²) in [5.41, 5.74) is 4.34. The summed E-state index contributed by atoms with van der Waals surface area (Å²) in [7, 11) is 0. The molecule has 8 rings (SSSR count). The van der Waals surface area contributed by atoms with E-state index in [2.05, 4.69) is 92.4 Å². The van der Waals surface area contributed by atoms with E-state index in [1.54, 1.807) is 18.3 Å². The molecule has 0 radical (unpaired) electrons. The number of aliphatic carboxylic acids is 1. The van der Waals surface area contributed by atoms with Crippen LogP contribution in [0.5, 0.6) is 5.88 Å². The van der Waals surface area contributed by atoms with Crippen LogP contribution in [0.15, 0.2) is 53.8 Å². The van der Waals surface area contributed by atoms with Crippen molar-refractivity contribution >= 4 is 17.7 Å². The van der Waals surface area contributed by atoms with E-state index in [0.717, 1.165) is 24.8 Å². The second-order valence-corrected chi connectivity index (χ2v) is 21.7. The van der Waals surface area contributed by atoms with Crippen molar-refractivity contribution < 1.29 is 14.6 Å². The smallest absolute Gasteiger partial charge is 0.313 e. The average Bonchev–Trinajstić information content (AvgIpc) is 3.56. The Bertz CT molecular complexity index is 1670. The van der Waals surface area contributed by atoms with E-state index in [1.165, 1.54) is 99.2 Å². The Morgan fingerprint density at radius 1 is 1.02 bits per heavy atom. The fourth-order valence-corrected chi connectivity index (χ4v) is 15.6. The van der Waals surface area contributed by atoms with Gasteiger partial charge in [0.2, 0.25) is 5.88 Å². The number of ether oxygens (including phenoxy) is 1. The first-order valence-electron chi connectivity index (χ1n) is 22.0. The predicted molar refractivity (Wildman–Crippen MR) is 224 cm³/mol. The van der Waals surface area contributed by atoms with Crippen LogP contribution in [0.4, 0.5) is 0 Å². The van der Waals surface area contributed by atoms with Gasteiger partial charge in [0.25, 0.3) is 0 Å². The number of nitrogens with one attached hydrogen (secondary N) is 1. The quantitative estimate of drug-likeness (QED) is 0.228. The summed E-state index contributed by atoms with van der Waals surface area (Å²) in [6.45, 7) is 25.0. The van der Waals surface area contributed by atoms with Crippen molar-refractivity contribution in [2.45, 2.75) is 118 Å². The molecule has 55 heavy (non-hydrogen) atoms. The van der Waals surface area contributed by atoms with Crippen LogP contribution in [-0.4, -0.2) is 76.0 Å². The number of thioether (sulfide) groups is 1. The van der Waals surface area contributed by atoms with Gasteiger partial charge in [0.05, 0.1) is 0 Å². The zero-order valence-electron chi connectivity index (χ0n) is 34.9. The number of hydrogen-bond acceptors (Lipinski definition) is 7. The largest absolute Gasteiger partial charge is 0.481 e. The number of carboxylic acids is 1. The molecule has 5 fully saturated rings. The van der Waals surface area contributed by atoms with Crippen LogP contribution >= 0.6 is 11.8 Å². The third kappa shape index (κ3) is 6.59. The maximum atomic E-state index is 12.7. The van der Waals surface area contributed by atoms with Crippen molar-refractivity contribution in [3.63, 3.8) is 0 Å². The summed E-state index contributed by atoms with van der Waals surface area (Å²) in [5, 5.41) is 22.7. The lowest BCUT2D eigenvalue weighted by Crippen LogP contribution is -2.67. The van der Waals surface area contributed by atoms with Crippen molar-refractivity contribution in [2.24, 2.45) is 63.1 Å². The van der Waals surface area contributed by atoms with Gasteiger partial charge in [-0.15, -0.1) is 5.10 Å². The molecule has 302 valence electrons. The summed E-state index contributed by atoms with van der Waals surface area (Å²) in [6, 6.07) is 3.51. The van der Waals surface area contributed by atoms with Crippen molar-refractivity contribution in [2.75, 3.05) is 44.3 Å². The number of allylic oxidation sites excluding steroid dienone is 5. The van der Waals surface area contributed by atoms with E-state index >= 15 is 0 Å². The number of carboxylic acid groups (broad SMARTS) is 1. The SMILES string of the molecule is C=C(C)[C@@H]1CC[C@]2(NCCN3CCSCC3)CC[C@]3(C)[C@H](CC[C@@H]4[C@@H]5[C@@H](CC[C@]43C)C(C)(C)C(C3=CCC(COc4cccnn4)(C(=O)O)CC3)=C[C@@H]5C)[C@@H]12. The Kier molecular flexibility index (Phi) is 10.7. The maximum Gasteiger partial charge on any atom is 0.313 e. The van der Waals surface area contributed by atoms with Gasteiger partial charge in [-0.1, -0.05) is 58.9 Å². The Morgan fingerprint density at radius 2 is 1.78 bits per heavy atom. The summed E-state index contributed by atoms with van der Waals surface area (Å²) in [4.78, 5) is 15.4. The topological polar surface area (TPSA) is 87.6 Å². The van der Waals surface area contributed by atoms with Gasteiger partial charge in [0, 0.05) is 55.5 Å². The third-order valence-corrected chi connectivity index (χ3v) is 18.8. The van der Waals surface area contributed by atoms with Crippen LogP contribution in [0.1, 0.15) is 112 Å². The highest BCUT2D eigenvalue weighted by atomic mass is 32.2. The predicted octanol–water partition coefficient (Wildman–Crippen LogP) is 9.48. The van der Waals surface area contributed by atoms with Gasteiger partial charge in [-0.3, -0.25) is 4.79 Å². The van der Waals surface area contributed by atoms with Crippen LogP contribution in [0.2, 0.25) is 0 Å². The molecule has 0 spiro atoms. The molecular formula is C47H70N4O3S. The lowest BCUT2D eigenvalue weighted by Gasteiger charge is -2.70. The van der Waals surface area contributed by atoms with Crippen molar-refractivity contribution in [1.82, 2.24) is 20.4 Å². The molecule has 2 heterocycles. The lowest BCUT2D eigenvalue weighted by molar-refractivity contribution is -0.201. The summed E-state index contributed by atoms with van der Waals surface area (Å²) >= 11 is 2.11. The van der Waals surface area contributed by atoms with Crippen molar-refractivity contribution in [3.8, 4) is 5.88 Å². The first-order valence-corrected chi connectivity index (χ1v) is 23.2. The molecule has 7 aliphatic rings. The van der Waals surface area contributed by atoms with Gasteiger partial charge in [0.15, 0.2) is 0 Å².